The average Bonchev–Trinajstić information content (AvgIpc) is 3.20. The van der Waals surface area contributed by atoms with Crippen molar-refractivity contribution in [2.45, 2.75) is 38.8 Å². The molecule has 0 aromatic carbocycles. The van der Waals surface area contributed by atoms with Gasteiger partial charge in [-0.1, -0.05) is 6.07 Å². The molecule has 0 spiro atoms. The number of likely N-dealkylation sites (tertiary alicyclic amines) is 1. The second-order valence-corrected chi connectivity index (χ2v) is 7.95. The molecule has 0 bridgehead atoms. The van der Waals surface area contributed by atoms with Crippen LogP contribution in [0, 0.1) is 6.92 Å². The van der Waals surface area contributed by atoms with Crippen LogP contribution in [0.3, 0.4) is 0 Å². The van der Waals surface area contributed by atoms with Crippen molar-refractivity contribution in [2.24, 2.45) is 0 Å². The molecule has 1 aliphatic heterocycles. The highest BCUT2D eigenvalue weighted by atomic mass is 32.1. The molecule has 2 aromatic rings. The molecule has 2 N–H and O–H groups in total. The number of carbonyl (C=O) groups is 1. The zero-order valence-electron chi connectivity index (χ0n) is 13.1. The molecule has 1 amide bonds. The molecule has 0 unspecified atom stereocenters. The zero-order valence-corrected chi connectivity index (χ0v) is 14.7. The average molecular weight is 336 g/mol. The Bertz CT molecular complexity index is 614. The molecule has 5 heteroatoms. The SMILES string of the molecule is Cc1ccsc1C(=O)N[C@@H](C)[C@H](c1cccs1)[NH+]1CCCC1. The van der Waals surface area contributed by atoms with Gasteiger partial charge in [-0.25, -0.2) is 0 Å². The molecule has 0 radical (unpaired) electrons. The first-order valence-corrected chi connectivity index (χ1v) is 9.65. The normalized spacial score (nSPS) is 18.3. The molecular weight excluding hydrogens is 312 g/mol. The summed E-state index contributed by atoms with van der Waals surface area (Å²) in [6.45, 7) is 6.57. The van der Waals surface area contributed by atoms with E-state index in [0.717, 1.165) is 10.4 Å². The minimum absolute atomic E-state index is 0.0696. The van der Waals surface area contributed by atoms with Crippen LogP contribution in [-0.2, 0) is 0 Å². The van der Waals surface area contributed by atoms with Crippen molar-refractivity contribution in [3.8, 4) is 0 Å². The molecule has 1 aliphatic rings. The highest BCUT2D eigenvalue weighted by Gasteiger charge is 2.34. The number of nitrogens with one attached hydrogen (secondary N) is 2. The number of thiophene rings is 2. The minimum Gasteiger partial charge on any atom is -0.342 e. The maximum Gasteiger partial charge on any atom is 0.262 e. The summed E-state index contributed by atoms with van der Waals surface area (Å²) in [5, 5.41) is 7.36. The van der Waals surface area contributed by atoms with Crippen molar-refractivity contribution in [1.82, 2.24) is 5.32 Å². The summed E-state index contributed by atoms with van der Waals surface area (Å²) in [6, 6.07) is 6.83. The van der Waals surface area contributed by atoms with Crippen molar-refractivity contribution in [1.29, 1.82) is 0 Å². The topological polar surface area (TPSA) is 33.5 Å². The van der Waals surface area contributed by atoms with E-state index < -0.39 is 0 Å². The Morgan fingerprint density at radius 2 is 2.00 bits per heavy atom. The lowest BCUT2D eigenvalue weighted by molar-refractivity contribution is -0.920. The maximum absolute atomic E-state index is 12.5. The Morgan fingerprint density at radius 3 is 2.59 bits per heavy atom. The van der Waals surface area contributed by atoms with Gasteiger partial charge < -0.3 is 10.2 Å². The third kappa shape index (κ3) is 3.26. The van der Waals surface area contributed by atoms with Gasteiger partial charge in [0.15, 0.2) is 0 Å². The van der Waals surface area contributed by atoms with E-state index in [-0.39, 0.29) is 11.9 Å². The van der Waals surface area contributed by atoms with Gasteiger partial charge in [0, 0.05) is 12.8 Å². The fourth-order valence-electron chi connectivity index (χ4n) is 3.37. The Kier molecular flexibility index (Phi) is 4.96. The summed E-state index contributed by atoms with van der Waals surface area (Å²) < 4.78 is 0. The van der Waals surface area contributed by atoms with Crippen molar-refractivity contribution >= 4 is 28.6 Å². The molecule has 2 atom stereocenters. The Morgan fingerprint density at radius 1 is 1.23 bits per heavy atom. The lowest BCUT2D eigenvalue weighted by Crippen LogP contribution is -3.11. The van der Waals surface area contributed by atoms with E-state index in [2.05, 4.69) is 29.8 Å². The predicted molar refractivity (Wildman–Crippen MR) is 93.0 cm³/mol. The van der Waals surface area contributed by atoms with E-state index in [4.69, 9.17) is 0 Å². The summed E-state index contributed by atoms with van der Waals surface area (Å²) in [4.78, 5) is 16.4. The van der Waals surface area contributed by atoms with Crippen LogP contribution in [0.2, 0.25) is 0 Å². The summed E-state index contributed by atoms with van der Waals surface area (Å²) in [5.74, 6) is 0.0696. The molecule has 118 valence electrons. The van der Waals surface area contributed by atoms with E-state index in [1.54, 1.807) is 16.2 Å². The molecular formula is C17H23N2OS2+. The van der Waals surface area contributed by atoms with Crippen LogP contribution in [0.25, 0.3) is 0 Å². The summed E-state index contributed by atoms with van der Waals surface area (Å²) in [6.07, 6.45) is 2.59. The van der Waals surface area contributed by atoms with Gasteiger partial charge in [0.2, 0.25) is 0 Å². The van der Waals surface area contributed by atoms with E-state index in [0.29, 0.717) is 6.04 Å². The second kappa shape index (κ2) is 6.94. The van der Waals surface area contributed by atoms with Gasteiger partial charge in [-0.15, -0.1) is 22.7 Å². The first kappa shape index (κ1) is 15.7. The Hall–Kier alpha value is -1.17. The minimum atomic E-state index is 0.0696. The lowest BCUT2D eigenvalue weighted by Gasteiger charge is -2.29. The van der Waals surface area contributed by atoms with E-state index in [9.17, 15) is 4.79 Å². The molecule has 3 heterocycles. The van der Waals surface area contributed by atoms with Crippen LogP contribution in [0.4, 0.5) is 0 Å². The van der Waals surface area contributed by atoms with Crippen LogP contribution >= 0.6 is 22.7 Å². The van der Waals surface area contributed by atoms with Crippen LogP contribution < -0.4 is 10.2 Å². The molecule has 1 saturated heterocycles. The number of amides is 1. The second-order valence-electron chi connectivity index (χ2n) is 6.05. The van der Waals surface area contributed by atoms with Gasteiger partial charge in [0.05, 0.1) is 28.9 Å². The zero-order chi connectivity index (χ0) is 15.5. The largest absolute Gasteiger partial charge is 0.342 e. The molecule has 3 rings (SSSR count). The highest BCUT2D eigenvalue weighted by Crippen LogP contribution is 2.22. The van der Waals surface area contributed by atoms with Crippen LogP contribution in [0.1, 0.15) is 45.9 Å². The first-order chi connectivity index (χ1) is 10.7. The molecule has 2 aromatic heterocycles. The third-order valence-electron chi connectivity index (χ3n) is 4.46. The smallest absolute Gasteiger partial charge is 0.262 e. The number of quaternary nitrogens is 1. The molecule has 22 heavy (non-hydrogen) atoms. The van der Waals surface area contributed by atoms with Gasteiger partial charge in [-0.3, -0.25) is 4.79 Å². The van der Waals surface area contributed by atoms with Gasteiger partial charge in [0.25, 0.3) is 5.91 Å². The number of carbonyl (C=O) groups excluding carboxylic acids is 1. The number of aryl methyl sites for hydroxylation is 1. The number of hydrogen-bond donors (Lipinski definition) is 2. The Labute approximate surface area is 140 Å². The van der Waals surface area contributed by atoms with Gasteiger partial charge >= 0.3 is 0 Å². The summed E-state index contributed by atoms with van der Waals surface area (Å²) in [7, 11) is 0. The maximum atomic E-state index is 12.5. The first-order valence-electron chi connectivity index (χ1n) is 7.89. The third-order valence-corrected chi connectivity index (χ3v) is 6.43. The van der Waals surface area contributed by atoms with Gasteiger partial charge in [0.1, 0.15) is 6.04 Å². The van der Waals surface area contributed by atoms with Gasteiger partial charge in [-0.2, -0.15) is 0 Å². The quantitative estimate of drug-likeness (QED) is 0.865. The van der Waals surface area contributed by atoms with Crippen molar-refractivity contribution < 1.29 is 9.69 Å². The Balaban J connectivity index is 1.76. The standard InChI is InChI=1S/C17H22N2OS2/c1-12-7-11-22-16(12)17(20)18-13(2)15(14-6-5-10-21-14)19-8-3-4-9-19/h5-7,10-11,13,15H,3-4,8-9H2,1-2H3,(H,18,20)/p+1/t13-,15+/m0/s1. The molecule has 3 nitrogen and oxygen atoms in total. The number of hydrogen-bond acceptors (Lipinski definition) is 3. The van der Waals surface area contributed by atoms with Crippen LogP contribution in [-0.4, -0.2) is 25.0 Å². The lowest BCUT2D eigenvalue weighted by atomic mass is 10.1. The van der Waals surface area contributed by atoms with E-state index in [1.807, 2.05) is 18.4 Å². The fraction of sp³-hybridized carbons (Fsp3) is 0.471. The van der Waals surface area contributed by atoms with E-state index in [1.165, 1.54) is 42.1 Å². The number of rotatable bonds is 5. The van der Waals surface area contributed by atoms with Gasteiger partial charge in [-0.05, 0) is 42.3 Å². The highest BCUT2D eigenvalue weighted by molar-refractivity contribution is 7.12. The van der Waals surface area contributed by atoms with Crippen LogP contribution in [0.5, 0.6) is 0 Å². The molecule has 0 aliphatic carbocycles. The monoisotopic (exact) mass is 335 g/mol. The van der Waals surface area contributed by atoms with Crippen molar-refractivity contribution in [3.05, 3.63) is 44.3 Å². The van der Waals surface area contributed by atoms with E-state index >= 15 is 0 Å². The van der Waals surface area contributed by atoms with Crippen molar-refractivity contribution in [2.75, 3.05) is 13.1 Å². The summed E-state index contributed by atoms with van der Waals surface area (Å²) in [5.41, 5.74) is 1.07. The molecule has 1 fully saturated rings. The fourth-order valence-corrected chi connectivity index (χ4v) is 5.19. The predicted octanol–water partition coefficient (Wildman–Crippen LogP) is 2.66. The molecule has 0 saturated carbocycles. The van der Waals surface area contributed by atoms with Crippen LogP contribution in [0.15, 0.2) is 29.0 Å². The van der Waals surface area contributed by atoms with Crippen molar-refractivity contribution in [3.63, 3.8) is 0 Å². The summed E-state index contributed by atoms with van der Waals surface area (Å²) >= 11 is 3.33.